The van der Waals surface area contributed by atoms with Gasteiger partial charge in [-0.3, -0.25) is 14.5 Å². The number of ether oxygens (including phenoxy) is 1. The van der Waals surface area contributed by atoms with E-state index in [4.69, 9.17) is 24.5 Å². The predicted molar refractivity (Wildman–Crippen MR) is 106 cm³/mol. The Bertz CT molecular complexity index is 494. The Balaban J connectivity index is 0.000000997. The van der Waals surface area contributed by atoms with Crippen LogP contribution in [0, 0.1) is 19.8 Å². The molecule has 0 atom stereocenters. The van der Waals surface area contributed by atoms with Gasteiger partial charge in [-0.1, -0.05) is 0 Å². The second kappa shape index (κ2) is 15.5. The van der Waals surface area contributed by atoms with Crippen LogP contribution < -0.4 is 0 Å². The number of carbonyl (C=O) groups is 2. The van der Waals surface area contributed by atoms with Gasteiger partial charge < -0.3 is 19.8 Å². The normalized spacial score (nSPS) is 14.7. The highest BCUT2D eigenvalue weighted by molar-refractivity contribution is 7.11. The molecule has 1 saturated heterocycles. The molecule has 0 aliphatic carbocycles. The first-order valence-electron chi connectivity index (χ1n) is 8.90. The van der Waals surface area contributed by atoms with E-state index in [1.807, 2.05) is 11.3 Å². The summed E-state index contributed by atoms with van der Waals surface area (Å²) < 4.78 is 5.16. The minimum Gasteiger partial charge on any atom is -0.483 e. The summed E-state index contributed by atoms with van der Waals surface area (Å²) in [5.74, 6) is 0.830. The molecule has 0 amide bonds. The molecule has 0 unspecified atom stereocenters. The fourth-order valence-corrected chi connectivity index (χ4v) is 3.97. The predicted octanol–water partition coefficient (Wildman–Crippen LogP) is 1.95. The van der Waals surface area contributed by atoms with Crippen LogP contribution in [-0.2, 0) is 20.9 Å². The number of aryl methyl sites for hydroxylation is 2. The monoisotopic (exact) mass is 403 g/mol. The van der Waals surface area contributed by atoms with E-state index in [-0.39, 0.29) is 12.9 Å². The average molecular weight is 404 g/mol. The molecule has 27 heavy (non-hydrogen) atoms. The van der Waals surface area contributed by atoms with Crippen molar-refractivity contribution in [1.82, 2.24) is 14.8 Å². The molecule has 2 heterocycles. The molecule has 2 rings (SSSR count). The SMILES string of the molecule is COCCN1CCC(CN(C)Cc2nc(C)c(C)s2)CC1.O=CO.O=CO. The van der Waals surface area contributed by atoms with Crippen LogP contribution in [0.2, 0.25) is 0 Å². The summed E-state index contributed by atoms with van der Waals surface area (Å²) in [5, 5.41) is 15.0. The van der Waals surface area contributed by atoms with Gasteiger partial charge in [0.2, 0.25) is 0 Å². The maximum absolute atomic E-state index is 8.36. The third-order valence-electron chi connectivity index (χ3n) is 4.37. The van der Waals surface area contributed by atoms with Crippen LogP contribution in [0.4, 0.5) is 0 Å². The number of piperidine rings is 1. The first-order valence-corrected chi connectivity index (χ1v) is 9.71. The number of thiazole rings is 1. The number of rotatable bonds is 7. The van der Waals surface area contributed by atoms with E-state index in [0.717, 1.165) is 25.6 Å². The van der Waals surface area contributed by atoms with E-state index < -0.39 is 0 Å². The van der Waals surface area contributed by atoms with Crippen LogP contribution in [0.15, 0.2) is 0 Å². The molecular formula is C18H33N3O5S. The number of nitrogens with zero attached hydrogens (tertiary/aromatic N) is 3. The van der Waals surface area contributed by atoms with E-state index in [9.17, 15) is 0 Å². The summed E-state index contributed by atoms with van der Waals surface area (Å²) in [5.41, 5.74) is 1.19. The molecule has 1 aliphatic rings. The standard InChI is InChI=1S/C16H29N3OS.2CH2O2/c1-13-14(2)21-16(17-13)12-18(3)11-15-5-7-19(8-6-15)9-10-20-4;2*2-1-3/h15H,5-12H2,1-4H3;2*1H,(H,2,3). The van der Waals surface area contributed by atoms with Crippen LogP contribution in [0.5, 0.6) is 0 Å². The number of likely N-dealkylation sites (tertiary alicyclic amines) is 1. The summed E-state index contributed by atoms with van der Waals surface area (Å²) >= 11 is 1.84. The van der Waals surface area contributed by atoms with Gasteiger partial charge in [-0.25, -0.2) is 4.98 Å². The van der Waals surface area contributed by atoms with Crippen LogP contribution in [0.1, 0.15) is 28.4 Å². The minimum atomic E-state index is -0.250. The quantitative estimate of drug-likeness (QED) is 0.666. The fourth-order valence-electron chi connectivity index (χ4n) is 2.96. The molecule has 1 aromatic rings. The molecule has 156 valence electrons. The highest BCUT2D eigenvalue weighted by Crippen LogP contribution is 2.21. The largest absolute Gasteiger partial charge is 0.483 e. The zero-order valence-corrected chi connectivity index (χ0v) is 17.6. The third kappa shape index (κ3) is 11.7. The fraction of sp³-hybridized carbons (Fsp3) is 0.722. The van der Waals surface area contributed by atoms with Crippen molar-refractivity contribution in [1.29, 1.82) is 0 Å². The zero-order valence-electron chi connectivity index (χ0n) is 16.8. The zero-order chi connectivity index (χ0) is 20.7. The van der Waals surface area contributed by atoms with Crippen molar-refractivity contribution < 1.29 is 24.5 Å². The number of methoxy groups -OCH3 is 1. The molecule has 1 fully saturated rings. The molecule has 0 bridgehead atoms. The number of aromatic nitrogens is 1. The van der Waals surface area contributed by atoms with Crippen molar-refractivity contribution in [3.63, 3.8) is 0 Å². The number of hydrogen-bond acceptors (Lipinski definition) is 7. The molecular weight excluding hydrogens is 370 g/mol. The van der Waals surface area contributed by atoms with Crippen LogP contribution in [0.3, 0.4) is 0 Å². The van der Waals surface area contributed by atoms with Gasteiger partial charge in [0.1, 0.15) is 5.01 Å². The van der Waals surface area contributed by atoms with E-state index >= 15 is 0 Å². The molecule has 0 spiro atoms. The highest BCUT2D eigenvalue weighted by Gasteiger charge is 2.20. The topological polar surface area (TPSA) is 103 Å². The van der Waals surface area contributed by atoms with Gasteiger partial charge in [0.05, 0.1) is 18.8 Å². The minimum absolute atomic E-state index is 0.250. The smallest absolute Gasteiger partial charge is 0.290 e. The Kier molecular flexibility index (Phi) is 14.6. The lowest BCUT2D eigenvalue weighted by Crippen LogP contribution is -2.39. The molecule has 1 aromatic heterocycles. The van der Waals surface area contributed by atoms with Crippen LogP contribution >= 0.6 is 11.3 Å². The van der Waals surface area contributed by atoms with Crippen molar-refractivity contribution in [2.45, 2.75) is 33.2 Å². The van der Waals surface area contributed by atoms with Gasteiger partial charge in [0.15, 0.2) is 0 Å². The number of hydrogen-bond donors (Lipinski definition) is 2. The van der Waals surface area contributed by atoms with E-state index in [1.165, 1.54) is 48.1 Å². The molecule has 9 heteroatoms. The second-order valence-corrected chi connectivity index (χ2v) is 7.72. The Morgan fingerprint density at radius 3 is 2.26 bits per heavy atom. The molecule has 0 saturated carbocycles. The molecule has 2 N–H and O–H groups in total. The summed E-state index contributed by atoms with van der Waals surface area (Å²) in [4.78, 5) is 27.7. The van der Waals surface area contributed by atoms with Crippen LogP contribution in [-0.4, -0.2) is 84.9 Å². The lowest BCUT2D eigenvalue weighted by atomic mass is 9.96. The highest BCUT2D eigenvalue weighted by atomic mass is 32.1. The van der Waals surface area contributed by atoms with Crippen molar-refractivity contribution in [2.24, 2.45) is 5.92 Å². The third-order valence-corrected chi connectivity index (χ3v) is 5.42. The van der Waals surface area contributed by atoms with Gasteiger partial charge in [0, 0.05) is 25.1 Å². The van der Waals surface area contributed by atoms with Gasteiger partial charge in [0.25, 0.3) is 12.9 Å². The van der Waals surface area contributed by atoms with E-state index in [1.54, 1.807) is 7.11 Å². The Morgan fingerprint density at radius 2 is 1.81 bits per heavy atom. The summed E-state index contributed by atoms with van der Waals surface area (Å²) in [6.07, 6.45) is 2.62. The summed E-state index contributed by atoms with van der Waals surface area (Å²) in [7, 11) is 4.01. The average Bonchev–Trinajstić information content (AvgIpc) is 2.93. The van der Waals surface area contributed by atoms with Crippen molar-refractivity contribution in [2.75, 3.05) is 46.9 Å². The van der Waals surface area contributed by atoms with Crippen molar-refractivity contribution >= 4 is 24.3 Å². The van der Waals surface area contributed by atoms with Crippen molar-refractivity contribution in [3.05, 3.63) is 15.6 Å². The maximum atomic E-state index is 8.36. The molecule has 1 aliphatic heterocycles. The molecule has 0 radical (unpaired) electrons. The number of carboxylic acid groups (broad SMARTS) is 2. The van der Waals surface area contributed by atoms with Gasteiger partial charge in [-0.05, 0) is 52.7 Å². The molecule has 8 nitrogen and oxygen atoms in total. The summed E-state index contributed by atoms with van der Waals surface area (Å²) in [6.45, 7) is 10.3. The van der Waals surface area contributed by atoms with Gasteiger partial charge in [-0.15, -0.1) is 11.3 Å². The van der Waals surface area contributed by atoms with Crippen LogP contribution in [0.25, 0.3) is 0 Å². The van der Waals surface area contributed by atoms with E-state index in [2.05, 4.69) is 35.7 Å². The van der Waals surface area contributed by atoms with Gasteiger partial charge >= 0.3 is 0 Å². The second-order valence-electron chi connectivity index (χ2n) is 6.43. The van der Waals surface area contributed by atoms with Crippen molar-refractivity contribution in [3.8, 4) is 0 Å². The maximum Gasteiger partial charge on any atom is 0.290 e. The Hall–Kier alpha value is -1.55. The van der Waals surface area contributed by atoms with Gasteiger partial charge in [-0.2, -0.15) is 0 Å². The van der Waals surface area contributed by atoms with E-state index in [0.29, 0.717) is 0 Å². The first-order chi connectivity index (χ1) is 12.9. The Morgan fingerprint density at radius 1 is 1.26 bits per heavy atom. The lowest BCUT2D eigenvalue weighted by Gasteiger charge is -2.33. The lowest BCUT2D eigenvalue weighted by molar-refractivity contribution is -0.123. The first kappa shape index (κ1) is 25.4. The summed E-state index contributed by atoms with van der Waals surface area (Å²) in [6, 6.07) is 0. The molecule has 0 aromatic carbocycles. The Labute approximate surface area is 165 Å².